The zero-order valence-corrected chi connectivity index (χ0v) is 21.3. The van der Waals surface area contributed by atoms with Crippen LogP contribution in [0.1, 0.15) is 81.0 Å². The van der Waals surface area contributed by atoms with Gasteiger partial charge < -0.3 is 25.0 Å². The van der Waals surface area contributed by atoms with Crippen LogP contribution in [0.4, 0.5) is 5.69 Å². The maximum absolute atomic E-state index is 13.4. The van der Waals surface area contributed by atoms with E-state index in [2.05, 4.69) is 10.6 Å². The lowest BCUT2D eigenvalue weighted by Crippen LogP contribution is -2.54. The number of hydrogen-bond acceptors (Lipinski definition) is 5. The van der Waals surface area contributed by atoms with E-state index >= 15 is 0 Å². The Morgan fingerprint density at radius 2 is 1.83 bits per heavy atom. The number of nitrogens with one attached hydrogen (secondary N) is 2. The number of carbonyl (C=O) groups excluding carboxylic acids is 3. The number of ether oxygens (including phenoxy) is 2. The van der Waals surface area contributed by atoms with Crippen LogP contribution in [-0.2, 0) is 14.3 Å². The van der Waals surface area contributed by atoms with Gasteiger partial charge in [0.05, 0.1) is 24.1 Å². The van der Waals surface area contributed by atoms with Crippen molar-refractivity contribution in [2.24, 2.45) is 11.8 Å². The highest BCUT2D eigenvalue weighted by Gasteiger charge is 2.39. The van der Waals surface area contributed by atoms with E-state index in [0.29, 0.717) is 35.9 Å². The molecule has 2 aliphatic heterocycles. The highest BCUT2D eigenvalue weighted by Crippen LogP contribution is 2.33. The average Bonchev–Trinajstić information content (AvgIpc) is 2.85. The predicted molar refractivity (Wildman–Crippen MR) is 136 cm³/mol. The molecule has 3 fully saturated rings. The first-order valence-corrected chi connectivity index (χ1v) is 13.7. The average molecular weight is 498 g/mol. The summed E-state index contributed by atoms with van der Waals surface area (Å²) in [6, 6.07) is 5.12. The van der Waals surface area contributed by atoms with Gasteiger partial charge in [0.15, 0.2) is 0 Å². The SMILES string of the molecule is CN1C(=O)c2cc(NC(=O)C3CCC3)ccc2OC[C@@H]2O[C@@H](CC(=O)NCC3CCCCC3)CC[C@H]21. The Bertz CT molecular complexity index is 972. The molecule has 4 aliphatic rings. The van der Waals surface area contributed by atoms with Crippen LogP contribution in [0.3, 0.4) is 0 Å². The molecule has 5 rings (SSSR count). The van der Waals surface area contributed by atoms with E-state index in [1.165, 1.54) is 32.1 Å². The lowest BCUT2D eigenvalue weighted by molar-refractivity contribution is -0.134. The predicted octanol–water partition coefficient (Wildman–Crippen LogP) is 3.89. The van der Waals surface area contributed by atoms with Crippen LogP contribution in [0, 0.1) is 11.8 Å². The maximum Gasteiger partial charge on any atom is 0.257 e. The van der Waals surface area contributed by atoms with Crippen molar-refractivity contribution in [2.45, 2.75) is 88.9 Å². The van der Waals surface area contributed by atoms with Gasteiger partial charge in [-0.25, -0.2) is 0 Å². The minimum atomic E-state index is -0.296. The molecule has 0 bridgehead atoms. The van der Waals surface area contributed by atoms with Gasteiger partial charge in [-0.3, -0.25) is 14.4 Å². The molecule has 2 saturated carbocycles. The minimum absolute atomic E-state index is 0.0170. The number of nitrogens with zero attached hydrogens (tertiary/aromatic N) is 1. The first kappa shape index (κ1) is 25.1. The largest absolute Gasteiger partial charge is 0.490 e. The summed E-state index contributed by atoms with van der Waals surface area (Å²) in [5.74, 6) is 1.08. The van der Waals surface area contributed by atoms with Crippen LogP contribution in [0.25, 0.3) is 0 Å². The van der Waals surface area contributed by atoms with E-state index in [-0.39, 0.29) is 41.9 Å². The Morgan fingerprint density at radius 1 is 1.03 bits per heavy atom. The molecule has 196 valence electrons. The van der Waals surface area contributed by atoms with E-state index in [9.17, 15) is 14.4 Å². The van der Waals surface area contributed by atoms with Gasteiger partial charge in [0, 0.05) is 25.2 Å². The van der Waals surface area contributed by atoms with E-state index in [1.54, 1.807) is 30.1 Å². The van der Waals surface area contributed by atoms with Crippen molar-refractivity contribution in [2.75, 3.05) is 25.5 Å². The van der Waals surface area contributed by atoms with Gasteiger partial charge in [0.2, 0.25) is 11.8 Å². The fourth-order valence-electron chi connectivity index (χ4n) is 5.95. The van der Waals surface area contributed by atoms with Gasteiger partial charge in [-0.2, -0.15) is 0 Å². The number of rotatable bonds is 6. The summed E-state index contributed by atoms with van der Waals surface area (Å²) >= 11 is 0. The Labute approximate surface area is 213 Å². The van der Waals surface area contributed by atoms with E-state index in [0.717, 1.165) is 38.6 Å². The Balaban J connectivity index is 1.18. The molecular formula is C28H39N3O5. The van der Waals surface area contributed by atoms with E-state index in [1.807, 2.05) is 0 Å². The third-order valence-electron chi connectivity index (χ3n) is 8.48. The van der Waals surface area contributed by atoms with Crippen LogP contribution in [0.15, 0.2) is 18.2 Å². The van der Waals surface area contributed by atoms with Crippen molar-refractivity contribution in [1.29, 1.82) is 0 Å². The molecular weight excluding hydrogens is 458 g/mol. The number of amides is 3. The number of likely N-dealkylation sites (N-methyl/N-ethyl adjacent to an activating group) is 1. The highest BCUT2D eigenvalue weighted by atomic mass is 16.5. The van der Waals surface area contributed by atoms with Gasteiger partial charge >= 0.3 is 0 Å². The molecule has 2 N–H and O–H groups in total. The van der Waals surface area contributed by atoms with Gasteiger partial charge in [-0.15, -0.1) is 0 Å². The lowest BCUT2D eigenvalue weighted by atomic mass is 9.85. The van der Waals surface area contributed by atoms with E-state index < -0.39 is 0 Å². The molecule has 0 spiro atoms. The summed E-state index contributed by atoms with van der Waals surface area (Å²) in [5.41, 5.74) is 1.07. The molecule has 1 saturated heterocycles. The maximum atomic E-state index is 13.4. The third kappa shape index (κ3) is 5.69. The second-order valence-corrected chi connectivity index (χ2v) is 11.0. The van der Waals surface area contributed by atoms with Crippen molar-refractivity contribution >= 4 is 23.4 Å². The van der Waals surface area contributed by atoms with Crippen LogP contribution in [0.2, 0.25) is 0 Å². The number of hydrogen-bond donors (Lipinski definition) is 2. The Morgan fingerprint density at radius 3 is 2.58 bits per heavy atom. The van der Waals surface area contributed by atoms with Gasteiger partial charge in [0.25, 0.3) is 5.91 Å². The number of anilines is 1. The Hall–Kier alpha value is -2.61. The molecule has 8 heteroatoms. The third-order valence-corrected chi connectivity index (χ3v) is 8.48. The molecule has 0 radical (unpaired) electrons. The van der Waals surface area contributed by atoms with Crippen molar-refractivity contribution in [3.63, 3.8) is 0 Å². The summed E-state index contributed by atoms with van der Waals surface area (Å²) in [4.78, 5) is 40.1. The second-order valence-electron chi connectivity index (χ2n) is 11.0. The van der Waals surface area contributed by atoms with Crippen LogP contribution in [0.5, 0.6) is 5.75 Å². The van der Waals surface area contributed by atoms with E-state index in [4.69, 9.17) is 9.47 Å². The first-order valence-electron chi connectivity index (χ1n) is 13.7. The number of fused-ring (bicyclic) bond motifs is 2. The summed E-state index contributed by atoms with van der Waals surface area (Å²) in [7, 11) is 1.80. The number of carbonyl (C=O) groups is 3. The lowest BCUT2D eigenvalue weighted by Gasteiger charge is -2.42. The Kier molecular flexibility index (Phi) is 7.79. The summed E-state index contributed by atoms with van der Waals surface area (Å²) in [5, 5.41) is 6.06. The molecule has 2 heterocycles. The summed E-state index contributed by atoms with van der Waals surface area (Å²) in [6.45, 7) is 1.07. The topological polar surface area (TPSA) is 97.0 Å². The van der Waals surface area contributed by atoms with Crippen molar-refractivity contribution < 1.29 is 23.9 Å². The van der Waals surface area contributed by atoms with Gasteiger partial charge in [-0.1, -0.05) is 25.7 Å². The smallest absolute Gasteiger partial charge is 0.257 e. The quantitative estimate of drug-likeness (QED) is 0.622. The molecule has 3 amide bonds. The zero-order chi connectivity index (χ0) is 25.1. The molecule has 3 atom stereocenters. The molecule has 1 aromatic carbocycles. The van der Waals surface area contributed by atoms with Gasteiger partial charge in [0.1, 0.15) is 18.5 Å². The molecule has 0 aromatic heterocycles. The van der Waals surface area contributed by atoms with Crippen molar-refractivity contribution in [1.82, 2.24) is 10.2 Å². The van der Waals surface area contributed by atoms with Crippen molar-refractivity contribution in [3.05, 3.63) is 23.8 Å². The second kappa shape index (κ2) is 11.2. The van der Waals surface area contributed by atoms with Crippen LogP contribution >= 0.6 is 0 Å². The molecule has 36 heavy (non-hydrogen) atoms. The van der Waals surface area contributed by atoms with Gasteiger partial charge in [-0.05, 0) is 62.6 Å². The molecule has 1 aromatic rings. The zero-order valence-electron chi connectivity index (χ0n) is 21.3. The van der Waals surface area contributed by atoms with Crippen LogP contribution in [-0.4, -0.2) is 61.1 Å². The number of benzene rings is 1. The summed E-state index contributed by atoms with van der Waals surface area (Å²) < 4.78 is 12.4. The van der Waals surface area contributed by atoms with Crippen LogP contribution < -0.4 is 15.4 Å². The fourth-order valence-corrected chi connectivity index (χ4v) is 5.95. The fraction of sp³-hybridized carbons (Fsp3) is 0.679. The molecule has 2 aliphatic carbocycles. The summed E-state index contributed by atoms with van der Waals surface area (Å²) in [6.07, 6.45) is 10.5. The molecule has 8 nitrogen and oxygen atoms in total. The normalized spacial score (nSPS) is 27.0. The van der Waals surface area contributed by atoms with Crippen molar-refractivity contribution in [3.8, 4) is 5.75 Å². The molecule has 0 unspecified atom stereocenters. The first-order chi connectivity index (χ1) is 17.5. The monoisotopic (exact) mass is 497 g/mol. The minimum Gasteiger partial charge on any atom is -0.490 e. The highest BCUT2D eigenvalue weighted by molar-refractivity contribution is 6.00. The standard InChI is InChI=1S/C28H39N3O5/c1-31-23-12-11-21(15-26(32)29-16-18-6-3-2-4-7-18)36-25(23)17-35-24-13-10-20(14-22(24)28(31)34)30-27(33)19-8-5-9-19/h10,13-14,18-19,21,23,25H,2-9,11-12,15-17H2,1H3,(H,29,32)(H,30,33)/t21-,23-,25+/m1/s1.